The highest BCUT2D eigenvalue weighted by Crippen LogP contribution is 2.41. The van der Waals surface area contributed by atoms with E-state index in [1.807, 2.05) is 6.92 Å². The van der Waals surface area contributed by atoms with Crippen LogP contribution in [0.2, 0.25) is 0 Å². The Balaban J connectivity index is 1.38. The van der Waals surface area contributed by atoms with Gasteiger partial charge in [-0.2, -0.15) is 5.10 Å². The van der Waals surface area contributed by atoms with E-state index in [0.29, 0.717) is 47.3 Å². The minimum absolute atomic E-state index is 0.0624. The van der Waals surface area contributed by atoms with Crippen LogP contribution < -0.4 is 11.0 Å². The second kappa shape index (κ2) is 8.69. The zero-order chi connectivity index (χ0) is 27.9. The summed E-state index contributed by atoms with van der Waals surface area (Å²) < 4.78 is 50.5. The minimum Gasteiger partial charge on any atom is -0.308 e. The summed E-state index contributed by atoms with van der Waals surface area (Å²) in [6.07, 6.45) is 6.08. The second-order valence-electron chi connectivity index (χ2n) is 11.0. The average molecular weight is 548 g/mol. The van der Waals surface area contributed by atoms with E-state index in [2.05, 4.69) is 10.4 Å². The van der Waals surface area contributed by atoms with Gasteiger partial charge in [-0.1, -0.05) is 0 Å². The van der Waals surface area contributed by atoms with E-state index in [4.69, 9.17) is 4.98 Å². The first-order valence-electron chi connectivity index (χ1n) is 13.4. The number of nitrogens with one attached hydrogen (secondary N) is 1. The first-order chi connectivity index (χ1) is 19.1. The molecule has 1 aliphatic heterocycles. The van der Waals surface area contributed by atoms with Gasteiger partial charge >= 0.3 is 5.69 Å². The molecule has 1 saturated carbocycles. The van der Waals surface area contributed by atoms with Gasteiger partial charge < -0.3 is 5.32 Å². The van der Waals surface area contributed by atoms with Crippen molar-refractivity contribution in [2.24, 2.45) is 0 Å². The van der Waals surface area contributed by atoms with E-state index in [1.54, 1.807) is 42.9 Å². The van der Waals surface area contributed by atoms with E-state index < -0.39 is 17.2 Å². The molecule has 3 aromatic heterocycles. The van der Waals surface area contributed by atoms with Crippen LogP contribution in [0.15, 0.2) is 47.7 Å². The van der Waals surface area contributed by atoms with Crippen LogP contribution >= 0.6 is 0 Å². The van der Waals surface area contributed by atoms with Gasteiger partial charge in [0.05, 0.1) is 40.7 Å². The standard InChI is InChI=1S/C29H28F3N7O/c1-16-12-19(13-17(2)24(16)30)27-35-21-6-9-33-18(3)26(21)39(27)38-11-10-36(28(38)40)23-5-4-22-20(25(23)31)14-34-37(22)15-29(32)7-8-29/h4-5,10-14,18,33H,6-9,15H2,1-3H3/t18-/m0/s1. The topological polar surface area (TPSA) is 74.6 Å². The van der Waals surface area contributed by atoms with E-state index in [9.17, 15) is 13.6 Å². The number of benzene rings is 2. The van der Waals surface area contributed by atoms with Gasteiger partial charge in [-0.15, -0.1) is 0 Å². The van der Waals surface area contributed by atoms with Gasteiger partial charge in [-0.25, -0.2) is 32.3 Å². The number of aryl methyl sites for hydroxylation is 2. The molecule has 2 aromatic carbocycles. The van der Waals surface area contributed by atoms with Crippen molar-refractivity contribution < 1.29 is 13.2 Å². The fraction of sp³-hybridized carbons (Fsp3) is 0.345. The van der Waals surface area contributed by atoms with Crippen LogP contribution in [0.3, 0.4) is 0 Å². The summed E-state index contributed by atoms with van der Waals surface area (Å²) in [4.78, 5) is 18.8. The predicted octanol–water partition coefficient (Wildman–Crippen LogP) is 4.77. The van der Waals surface area contributed by atoms with E-state index in [1.165, 1.54) is 32.4 Å². The van der Waals surface area contributed by atoms with Gasteiger partial charge in [-0.05, 0) is 69.0 Å². The van der Waals surface area contributed by atoms with Gasteiger partial charge in [0.1, 0.15) is 11.5 Å². The molecule has 1 atom stereocenters. The number of imidazole rings is 2. The highest BCUT2D eigenvalue weighted by Gasteiger charge is 2.44. The predicted molar refractivity (Wildman–Crippen MR) is 144 cm³/mol. The molecular formula is C29H28F3N7O. The summed E-state index contributed by atoms with van der Waals surface area (Å²) >= 11 is 0. The third kappa shape index (κ3) is 3.75. The Bertz CT molecular complexity index is 1850. The van der Waals surface area contributed by atoms with Crippen molar-refractivity contribution in [3.05, 3.63) is 87.5 Å². The first kappa shape index (κ1) is 24.9. The van der Waals surface area contributed by atoms with Crippen molar-refractivity contribution >= 4 is 10.9 Å². The number of nitrogens with zero attached hydrogens (tertiary/aromatic N) is 6. The molecule has 0 unspecified atom stereocenters. The fourth-order valence-electron chi connectivity index (χ4n) is 5.76. The maximum Gasteiger partial charge on any atom is 0.352 e. The lowest BCUT2D eigenvalue weighted by Gasteiger charge is -2.22. The third-order valence-electron chi connectivity index (χ3n) is 8.08. The van der Waals surface area contributed by atoms with Crippen LogP contribution in [-0.4, -0.2) is 40.9 Å². The number of alkyl halides is 1. The summed E-state index contributed by atoms with van der Waals surface area (Å²) in [5, 5.41) is 7.84. The molecule has 1 fully saturated rings. The maximum absolute atomic E-state index is 15.8. The number of hydrogen-bond acceptors (Lipinski definition) is 4. The molecule has 1 aliphatic carbocycles. The van der Waals surface area contributed by atoms with E-state index in [0.717, 1.165) is 17.9 Å². The van der Waals surface area contributed by atoms with Crippen LogP contribution in [0, 0.1) is 25.5 Å². The SMILES string of the molecule is Cc1cc(-c2nc3c(n2-n2ccn(-c4ccc5c(cnn5CC5(F)CC5)c4F)c2=O)[C@H](C)NCC3)cc(C)c1F. The number of hydrogen-bond donors (Lipinski definition) is 1. The van der Waals surface area contributed by atoms with Crippen LogP contribution in [-0.2, 0) is 13.0 Å². The Morgan fingerprint density at radius 2 is 1.85 bits per heavy atom. The van der Waals surface area contributed by atoms with Crippen molar-refractivity contribution in [2.45, 2.75) is 58.3 Å². The van der Waals surface area contributed by atoms with Gasteiger partial charge in [-0.3, -0.25) is 9.25 Å². The summed E-state index contributed by atoms with van der Waals surface area (Å²) in [5.74, 6) is -0.387. The fourth-order valence-corrected chi connectivity index (χ4v) is 5.76. The molecule has 1 N–H and O–H groups in total. The smallest absolute Gasteiger partial charge is 0.308 e. The number of halogens is 3. The Morgan fingerprint density at radius 1 is 1.10 bits per heavy atom. The highest BCUT2D eigenvalue weighted by atomic mass is 19.1. The normalized spacial score (nSPS) is 17.9. The van der Waals surface area contributed by atoms with Gasteiger partial charge in [0.25, 0.3) is 0 Å². The zero-order valence-corrected chi connectivity index (χ0v) is 22.4. The summed E-state index contributed by atoms with van der Waals surface area (Å²) in [7, 11) is 0. The summed E-state index contributed by atoms with van der Waals surface area (Å²) in [5.41, 5.74) is 2.07. The van der Waals surface area contributed by atoms with Crippen molar-refractivity contribution in [1.29, 1.82) is 0 Å². The lowest BCUT2D eigenvalue weighted by molar-refractivity contribution is 0.264. The Labute approximate surface area is 227 Å². The quantitative estimate of drug-likeness (QED) is 0.344. The van der Waals surface area contributed by atoms with Crippen molar-refractivity contribution in [2.75, 3.05) is 6.54 Å². The van der Waals surface area contributed by atoms with Gasteiger partial charge in [0.15, 0.2) is 11.6 Å². The molecule has 4 heterocycles. The molecule has 2 aliphatic rings. The van der Waals surface area contributed by atoms with Gasteiger partial charge in [0, 0.05) is 37.0 Å². The number of aromatic nitrogens is 6. The molecule has 8 nitrogen and oxygen atoms in total. The molecule has 7 rings (SSSR count). The molecule has 5 aromatic rings. The van der Waals surface area contributed by atoms with Crippen molar-refractivity contribution in [3.63, 3.8) is 0 Å². The van der Waals surface area contributed by atoms with Crippen LogP contribution in [0.25, 0.3) is 28.0 Å². The molecule has 0 spiro atoms. The molecule has 0 amide bonds. The third-order valence-corrected chi connectivity index (χ3v) is 8.08. The van der Waals surface area contributed by atoms with Crippen molar-refractivity contribution in [3.8, 4) is 17.1 Å². The first-order valence-corrected chi connectivity index (χ1v) is 13.4. The molecule has 0 bridgehead atoms. The second-order valence-corrected chi connectivity index (χ2v) is 11.0. The summed E-state index contributed by atoms with van der Waals surface area (Å²) in [6, 6.07) is 6.52. The Morgan fingerprint density at radius 3 is 2.58 bits per heavy atom. The number of rotatable bonds is 5. The van der Waals surface area contributed by atoms with Crippen LogP contribution in [0.1, 0.15) is 48.3 Å². The average Bonchev–Trinajstić information content (AvgIpc) is 3.22. The molecular weight excluding hydrogens is 519 g/mol. The monoisotopic (exact) mass is 547 g/mol. The Kier molecular flexibility index (Phi) is 5.41. The van der Waals surface area contributed by atoms with Crippen LogP contribution in [0.5, 0.6) is 0 Å². The maximum atomic E-state index is 15.8. The van der Waals surface area contributed by atoms with Gasteiger partial charge in [0.2, 0.25) is 0 Å². The lowest BCUT2D eigenvalue weighted by atomic mass is 10.1. The van der Waals surface area contributed by atoms with E-state index >= 15 is 4.39 Å². The Hall–Kier alpha value is -4.12. The molecule has 0 radical (unpaired) electrons. The highest BCUT2D eigenvalue weighted by molar-refractivity contribution is 5.82. The van der Waals surface area contributed by atoms with Crippen LogP contribution in [0.4, 0.5) is 13.2 Å². The summed E-state index contributed by atoms with van der Waals surface area (Å²) in [6.45, 7) is 6.21. The zero-order valence-electron chi connectivity index (χ0n) is 22.4. The molecule has 0 saturated heterocycles. The largest absolute Gasteiger partial charge is 0.352 e. The number of fused-ring (bicyclic) bond motifs is 2. The minimum atomic E-state index is -1.28. The molecule has 206 valence electrons. The molecule has 11 heteroatoms. The van der Waals surface area contributed by atoms with Crippen molar-refractivity contribution in [1.82, 2.24) is 34.0 Å². The lowest BCUT2D eigenvalue weighted by Crippen LogP contribution is -2.34. The van der Waals surface area contributed by atoms with E-state index in [-0.39, 0.29) is 29.5 Å². The molecule has 40 heavy (non-hydrogen) atoms.